The molecule has 2 N–H and O–H groups in total. The van der Waals surface area contributed by atoms with Crippen molar-refractivity contribution in [1.82, 2.24) is 44.9 Å². The van der Waals surface area contributed by atoms with Gasteiger partial charge < -0.3 is 24.6 Å². The molecule has 6 amide bonds. The molecule has 15 nitrogen and oxygen atoms in total. The molecule has 17 heteroatoms. The molecule has 0 spiro atoms. The van der Waals surface area contributed by atoms with Gasteiger partial charge in [0.2, 0.25) is 11.8 Å². The van der Waals surface area contributed by atoms with Crippen LogP contribution in [0, 0.1) is 5.82 Å². The second-order valence-corrected chi connectivity index (χ2v) is 18.0. The van der Waals surface area contributed by atoms with E-state index in [9.17, 15) is 24.0 Å². The van der Waals surface area contributed by atoms with Crippen LogP contribution in [0.15, 0.2) is 73.1 Å². The lowest BCUT2D eigenvalue weighted by atomic mass is 9.86. The summed E-state index contributed by atoms with van der Waals surface area (Å²) in [4.78, 5) is 76.3. The third-order valence-electron chi connectivity index (χ3n) is 13.4. The highest BCUT2D eigenvalue weighted by Crippen LogP contribution is 2.39. The number of hydrogen-bond acceptors (Lipinski definition) is 8. The number of rotatable bonds is 10. The van der Waals surface area contributed by atoms with Crippen LogP contribution in [-0.2, 0) is 16.1 Å². The SMILES string of the molecule is CN(C)C(=O)c1cc2c(-c3ccc(C4CCN(C5CCN(C(=O)c6ccc(Cl)c(N7CCC(=O)NC7=O)c6)CC5)CC4)cc3)cc(C3=CCCN(C(=O)CCn4ccnn4)C3)c(F)c2[nH]1. The number of halogens is 2. The first-order valence-corrected chi connectivity index (χ1v) is 22.7. The number of aryl methyl sites for hydroxylation is 1. The lowest BCUT2D eigenvalue weighted by Crippen LogP contribution is -2.50. The minimum absolute atomic E-state index is 0.0384. The number of carbonyl (C=O) groups excluding carboxylic acids is 5. The first-order valence-electron chi connectivity index (χ1n) is 22.3. The van der Waals surface area contributed by atoms with Crippen LogP contribution in [0.3, 0.4) is 0 Å². The molecular formula is C48H52ClFN10O5. The van der Waals surface area contributed by atoms with E-state index in [1.807, 2.05) is 17.0 Å². The van der Waals surface area contributed by atoms with Crippen LogP contribution in [0.25, 0.3) is 27.6 Å². The molecule has 0 bridgehead atoms. The Labute approximate surface area is 381 Å². The summed E-state index contributed by atoms with van der Waals surface area (Å²) in [6, 6.07) is 16.9. The Kier molecular flexibility index (Phi) is 12.6. The summed E-state index contributed by atoms with van der Waals surface area (Å²) in [6.07, 6.45) is 10.1. The van der Waals surface area contributed by atoms with Gasteiger partial charge in [-0.05, 0) is 104 Å². The number of urea groups is 1. The highest BCUT2D eigenvalue weighted by atomic mass is 35.5. The molecule has 3 aromatic carbocycles. The second-order valence-electron chi connectivity index (χ2n) is 17.6. The van der Waals surface area contributed by atoms with Crippen molar-refractivity contribution in [2.24, 2.45) is 0 Å². The van der Waals surface area contributed by atoms with E-state index in [1.165, 1.54) is 15.4 Å². The van der Waals surface area contributed by atoms with Gasteiger partial charge in [-0.2, -0.15) is 0 Å². The van der Waals surface area contributed by atoms with Gasteiger partial charge in [0.05, 0.1) is 29.0 Å². The van der Waals surface area contributed by atoms with Gasteiger partial charge in [-0.15, -0.1) is 5.10 Å². The number of aromatic nitrogens is 4. The molecule has 0 radical (unpaired) electrons. The minimum atomic E-state index is -0.547. The Hall–Kier alpha value is -6.39. The van der Waals surface area contributed by atoms with Crippen LogP contribution < -0.4 is 10.2 Å². The zero-order valence-corrected chi connectivity index (χ0v) is 37.3. The summed E-state index contributed by atoms with van der Waals surface area (Å²) in [5, 5.41) is 11.0. The van der Waals surface area contributed by atoms with E-state index in [-0.39, 0.29) is 55.1 Å². The van der Waals surface area contributed by atoms with Gasteiger partial charge >= 0.3 is 6.03 Å². The number of carbonyl (C=O) groups is 5. The fourth-order valence-electron chi connectivity index (χ4n) is 9.76. The fourth-order valence-corrected chi connectivity index (χ4v) is 9.98. The zero-order chi connectivity index (χ0) is 45.4. The normalized spacial score (nSPS) is 18.0. The maximum Gasteiger partial charge on any atom is 0.328 e. The smallest absolute Gasteiger partial charge is 0.328 e. The summed E-state index contributed by atoms with van der Waals surface area (Å²) in [7, 11) is 3.33. The van der Waals surface area contributed by atoms with Crippen LogP contribution in [0.2, 0.25) is 5.02 Å². The van der Waals surface area contributed by atoms with Crippen molar-refractivity contribution in [3.05, 3.63) is 106 Å². The zero-order valence-electron chi connectivity index (χ0n) is 36.6. The maximum atomic E-state index is 16.6. The van der Waals surface area contributed by atoms with Crippen LogP contribution in [0.1, 0.15) is 82.8 Å². The van der Waals surface area contributed by atoms with Gasteiger partial charge in [0.25, 0.3) is 11.8 Å². The predicted octanol–water partition coefficient (Wildman–Crippen LogP) is 6.56. The molecular weight excluding hydrogens is 851 g/mol. The molecule has 65 heavy (non-hydrogen) atoms. The minimum Gasteiger partial charge on any atom is -0.348 e. The molecule has 0 atom stereocenters. The quantitative estimate of drug-likeness (QED) is 0.160. The topological polar surface area (TPSA) is 160 Å². The predicted molar refractivity (Wildman–Crippen MR) is 245 cm³/mol. The Morgan fingerprint density at radius 1 is 0.892 bits per heavy atom. The summed E-state index contributed by atoms with van der Waals surface area (Å²) in [5.74, 6) is -0.809. The van der Waals surface area contributed by atoms with Crippen LogP contribution in [0.5, 0.6) is 0 Å². The van der Waals surface area contributed by atoms with Gasteiger partial charge in [-0.3, -0.25) is 34.1 Å². The van der Waals surface area contributed by atoms with E-state index in [4.69, 9.17) is 11.6 Å². The van der Waals surface area contributed by atoms with E-state index < -0.39 is 11.8 Å². The number of H-pyrrole nitrogens is 1. The first kappa shape index (κ1) is 43.8. The number of likely N-dealkylation sites (tertiary alicyclic amines) is 2. The van der Waals surface area contributed by atoms with E-state index in [0.29, 0.717) is 77.5 Å². The van der Waals surface area contributed by atoms with Crippen molar-refractivity contribution in [3.63, 3.8) is 0 Å². The number of aromatic amines is 1. The van der Waals surface area contributed by atoms with Crippen molar-refractivity contribution in [2.75, 3.05) is 64.8 Å². The van der Waals surface area contributed by atoms with Crippen molar-refractivity contribution in [2.45, 2.75) is 63.5 Å². The molecule has 6 heterocycles. The first-order chi connectivity index (χ1) is 31.4. The number of hydrogen-bond donors (Lipinski definition) is 2. The molecule has 0 unspecified atom stereocenters. The number of benzene rings is 3. The molecule has 0 saturated carbocycles. The molecule has 3 saturated heterocycles. The standard InChI is InChI=1S/C48H52ClFN10O5/c1-55(2)47(64)40-28-38-36(27-37(44(50)45(38)52-40)34-4-3-18-58(29-34)43(62)16-23-59-25-17-51-54-59)32-7-5-30(6-8-32)31-11-19-56(20-12-31)35-13-21-57(22-14-35)46(63)33-9-10-39(49)41(26-33)60-24-15-42(61)53-48(60)65/h4-10,17,25-28,31,35,52H,3,11-16,18-24,29H2,1-2H3,(H,53,61,65). The average molecular weight is 903 g/mol. The van der Waals surface area contributed by atoms with Crippen LogP contribution in [-0.4, -0.2) is 135 Å². The fraction of sp³-hybridized carbons (Fsp3) is 0.396. The van der Waals surface area contributed by atoms with Gasteiger partial charge in [0.15, 0.2) is 5.82 Å². The number of anilines is 1. The molecule has 4 aliphatic rings. The van der Waals surface area contributed by atoms with Crippen LogP contribution in [0.4, 0.5) is 14.9 Å². The molecule has 5 aromatic rings. The van der Waals surface area contributed by atoms with Gasteiger partial charge in [0.1, 0.15) is 5.69 Å². The Balaban J connectivity index is 0.851. The lowest BCUT2D eigenvalue weighted by Gasteiger charge is -2.42. The molecule has 0 aliphatic carbocycles. The Bertz CT molecular complexity index is 2670. The number of imide groups is 1. The Morgan fingerprint density at radius 2 is 1.66 bits per heavy atom. The average Bonchev–Trinajstić information content (AvgIpc) is 4.03. The van der Waals surface area contributed by atoms with Gasteiger partial charge in [-0.1, -0.05) is 47.2 Å². The van der Waals surface area contributed by atoms with Crippen molar-refractivity contribution in [1.29, 1.82) is 0 Å². The summed E-state index contributed by atoms with van der Waals surface area (Å²) < 4.78 is 18.2. The van der Waals surface area contributed by atoms with Crippen molar-refractivity contribution >= 4 is 63.4 Å². The van der Waals surface area contributed by atoms with Gasteiger partial charge in [0, 0.05) is 88.4 Å². The number of fused-ring (bicyclic) bond motifs is 1. The highest BCUT2D eigenvalue weighted by Gasteiger charge is 2.32. The third kappa shape index (κ3) is 9.14. The molecule has 9 rings (SSSR count). The molecule has 3 fully saturated rings. The van der Waals surface area contributed by atoms with E-state index in [1.54, 1.807) is 60.3 Å². The van der Waals surface area contributed by atoms with Crippen molar-refractivity contribution < 1.29 is 28.4 Å². The second kappa shape index (κ2) is 18.6. The lowest BCUT2D eigenvalue weighted by molar-refractivity contribution is -0.131. The largest absolute Gasteiger partial charge is 0.348 e. The van der Waals surface area contributed by atoms with Crippen LogP contribution >= 0.6 is 11.6 Å². The van der Waals surface area contributed by atoms with E-state index in [2.05, 4.69) is 49.8 Å². The van der Waals surface area contributed by atoms with Gasteiger partial charge in [-0.25, -0.2) is 9.18 Å². The molecule has 2 aromatic heterocycles. The summed E-state index contributed by atoms with van der Waals surface area (Å²) in [5.41, 5.74) is 5.50. The maximum absolute atomic E-state index is 16.6. The van der Waals surface area contributed by atoms with E-state index >= 15 is 4.39 Å². The monoisotopic (exact) mass is 902 g/mol. The molecule has 338 valence electrons. The Morgan fingerprint density at radius 3 is 2.37 bits per heavy atom. The van der Waals surface area contributed by atoms with E-state index in [0.717, 1.165) is 55.5 Å². The highest BCUT2D eigenvalue weighted by molar-refractivity contribution is 6.34. The molecule has 4 aliphatic heterocycles. The number of nitrogens with zero attached hydrogens (tertiary/aromatic N) is 8. The number of nitrogens with one attached hydrogen (secondary N) is 2. The summed E-state index contributed by atoms with van der Waals surface area (Å²) >= 11 is 6.43. The summed E-state index contributed by atoms with van der Waals surface area (Å²) in [6.45, 7) is 4.59. The number of piperidine rings is 2. The van der Waals surface area contributed by atoms with Crippen molar-refractivity contribution in [3.8, 4) is 11.1 Å². The number of amides is 6. The third-order valence-corrected chi connectivity index (χ3v) is 13.7.